The average molecular weight is 294 g/mol. The molecule has 1 aliphatic heterocycles. The number of hydrogen-bond donors (Lipinski definition) is 1. The zero-order valence-electron chi connectivity index (χ0n) is 13.8. The van der Waals surface area contributed by atoms with Crippen molar-refractivity contribution in [3.63, 3.8) is 0 Å². The summed E-state index contributed by atoms with van der Waals surface area (Å²) in [6.07, 6.45) is 5.84. The molecule has 2 heterocycles. The van der Waals surface area contributed by atoms with Gasteiger partial charge in [-0.1, -0.05) is 0 Å². The molecule has 1 aliphatic rings. The van der Waals surface area contributed by atoms with E-state index in [-0.39, 0.29) is 0 Å². The number of nitrogens with one attached hydrogen (secondary N) is 1. The van der Waals surface area contributed by atoms with Gasteiger partial charge >= 0.3 is 0 Å². The quantitative estimate of drug-likeness (QED) is 0.711. The van der Waals surface area contributed by atoms with Crippen molar-refractivity contribution in [2.24, 2.45) is 0 Å². The zero-order chi connectivity index (χ0) is 15.1. The first-order valence-electron chi connectivity index (χ1n) is 8.29. The van der Waals surface area contributed by atoms with Crippen LogP contribution in [0.3, 0.4) is 0 Å². The van der Waals surface area contributed by atoms with Crippen LogP contribution in [0.4, 0.5) is 5.95 Å². The lowest BCUT2D eigenvalue weighted by Crippen LogP contribution is -2.33. The van der Waals surface area contributed by atoms with Crippen molar-refractivity contribution in [3.05, 3.63) is 11.9 Å². The monoisotopic (exact) mass is 294 g/mol. The van der Waals surface area contributed by atoms with Gasteiger partial charge in [-0.2, -0.15) is 0 Å². The zero-order valence-corrected chi connectivity index (χ0v) is 13.8. The Kier molecular flexibility index (Phi) is 6.51. The number of anilines is 1. The van der Waals surface area contributed by atoms with E-state index in [4.69, 9.17) is 4.74 Å². The van der Waals surface area contributed by atoms with E-state index >= 15 is 0 Å². The molecule has 1 N–H and O–H groups in total. The third-order valence-electron chi connectivity index (χ3n) is 3.90. The van der Waals surface area contributed by atoms with E-state index in [2.05, 4.69) is 39.8 Å². The second-order valence-electron chi connectivity index (χ2n) is 6.00. The molecule has 5 nitrogen and oxygen atoms in total. The Hall–Kier alpha value is -1.07. The van der Waals surface area contributed by atoms with Crippen molar-refractivity contribution in [3.8, 4) is 0 Å². The summed E-state index contributed by atoms with van der Waals surface area (Å²) >= 11 is 0. The first-order valence-corrected chi connectivity index (χ1v) is 8.29. The molecule has 0 aromatic carbocycles. The molecule has 1 aromatic heterocycles. The summed E-state index contributed by atoms with van der Waals surface area (Å²) in [7, 11) is 0. The molecule has 0 radical (unpaired) electrons. The number of aryl methyl sites for hydroxylation is 2. The van der Waals surface area contributed by atoms with Gasteiger partial charge in [-0.15, -0.1) is 0 Å². The molecule has 5 heteroatoms. The van der Waals surface area contributed by atoms with Crippen molar-refractivity contribution < 1.29 is 4.74 Å². The Labute approximate surface area is 128 Å². The van der Waals surface area contributed by atoms with Crippen LogP contribution in [-0.4, -0.2) is 53.3 Å². The Morgan fingerprint density at radius 3 is 2.86 bits per heavy atom. The predicted octanol–water partition coefficient (Wildman–Crippen LogP) is 2.51. The summed E-state index contributed by atoms with van der Waals surface area (Å²) < 4.78 is 7.63. The van der Waals surface area contributed by atoms with Crippen molar-refractivity contribution in [2.45, 2.75) is 52.6 Å². The molecule has 1 saturated heterocycles. The van der Waals surface area contributed by atoms with Gasteiger partial charge in [-0.05, 0) is 53.1 Å². The highest BCUT2D eigenvalue weighted by Crippen LogP contribution is 2.13. The van der Waals surface area contributed by atoms with E-state index in [1.165, 1.54) is 25.9 Å². The minimum Gasteiger partial charge on any atom is -0.382 e. The molecule has 1 aromatic rings. The van der Waals surface area contributed by atoms with Crippen LogP contribution in [0.1, 0.15) is 38.8 Å². The van der Waals surface area contributed by atoms with Crippen molar-refractivity contribution in [2.75, 3.05) is 38.2 Å². The van der Waals surface area contributed by atoms with E-state index in [1.807, 2.05) is 6.92 Å². The maximum atomic E-state index is 5.41. The van der Waals surface area contributed by atoms with Gasteiger partial charge in [0.05, 0.1) is 5.69 Å². The lowest BCUT2D eigenvalue weighted by atomic mass is 10.3. The molecule has 1 unspecified atom stereocenters. The minimum absolute atomic E-state index is 0.426. The van der Waals surface area contributed by atoms with Crippen molar-refractivity contribution >= 4 is 5.95 Å². The molecule has 0 amide bonds. The fraction of sp³-hybridized carbons (Fsp3) is 0.812. The minimum atomic E-state index is 0.426. The summed E-state index contributed by atoms with van der Waals surface area (Å²) in [5.74, 6) is 0.996. The number of aromatic nitrogens is 2. The van der Waals surface area contributed by atoms with Gasteiger partial charge in [0.15, 0.2) is 0 Å². The maximum absolute atomic E-state index is 5.41. The van der Waals surface area contributed by atoms with Gasteiger partial charge in [-0.3, -0.25) is 0 Å². The van der Waals surface area contributed by atoms with E-state index in [1.54, 1.807) is 0 Å². The van der Waals surface area contributed by atoms with Crippen LogP contribution < -0.4 is 5.32 Å². The third-order valence-corrected chi connectivity index (χ3v) is 3.90. The second-order valence-corrected chi connectivity index (χ2v) is 6.00. The summed E-state index contributed by atoms with van der Waals surface area (Å²) in [6, 6.07) is 0.426. The molecule has 0 spiro atoms. The Morgan fingerprint density at radius 1 is 1.38 bits per heavy atom. The molecular formula is C16H30N4O. The fourth-order valence-electron chi connectivity index (χ4n) is 2.93. The van der Waals surface area contributed by atoms with E-state index in [0.29, 0.717) is 6.04 Å². The molecule has 120 valence electrons. The van der Waals surface area contributed by atoms with Crippen LogP contribution in [0.2, 0.25) is 0 Å². The maximum Gasteiger partial charge on any atom is 0.203 e. The van der Waals surface area contributed by atoms with Crippen molar-refractivity contribution in [1.82, 2.24) is 14.5 Å². The van der Waals surface area contributed by atoms with Gasteiger partial charge in [0.2, 0.25) is 5.95 Å². The predicted molar refractivity (Wildman–Crippen MR) is 86.8 cm³/mol. The summed E-state index contributed by atoms with van der Waals surface area (Å²) in [5.41, 5.74) is 1.07. The van der Waals surface area contributed by atoms with Gasteiger partial charge in [-0.25, -0.2) is 4.98 Å². The Bertz CT molecular complexity index is 412. The summed E-state index contributed by atoms with van der Waals surface area (Å²) in [5, 5.41) is 3.57. The van der Waals surface area contributed by atoms with Crippen molar-refractivity contribution in [1.29, 1.82) is 0 Å². The number of likely N-dealkylation sites (tertiary alicyclic amines) is 1. The third kappa shape index (κ3) is 5.32. The normalized spacial score (nSPS) is 17.3. The number of nitrogens with zero attached hydrogens (tertiary/aromatic N) is 3. The van der Waals surface area contributed by atoms with Crippen LogP contribution >= 0.6 is 0 Å². The molecule has 1 atom stereocenters. The summed E-state index contributed by atoms with van der Waals surface area (Å²) in [6.45, 7) is 12.5. The number of ether oxygens (including phenoxy) is 1. The highest BCUT2D eigenvalue weighted by Gasteiger charge is 2.16. The van der Waals surface area contributed by atoms with Crippen LogP contribution in [-0.2, 0) is 11.3 Å². The molecule has 2 rings (SSSR count). The molecule has 0 aliphatic carbocycles. The first-order chi connectivity index (χ1) is 10.2. The smallest absolute Gasteiger partial charge is 0.203 e. The van der Waals surface area contributed by atoms with Crippen LogP contribution in [0, 0.1) is 6.92 Å². The van der Waals surface area contributed by atoms with Crippen LogP contribution in [0.15, 0.2) is 6.20 Å². The lowest BCUT2D eigenvalue weighted by Gasteiger charge is -2.22. The molecule has 0 bridgehead atoms. The molecule has 21 heavy (non-hydrogen) atoms. The van der Waals surface area contributed by atoms with Crippen LogP contribution in [0.5, 0.6) is 0 Å². The Morgan fingerprint density at radius 2 is 2.14 bits per heavy atom. The highest BCUT2D eigenvalue weighted by atomic mass is 16.5. The Balaban J connectivity index is 1.83. The molecular weight excluding hydrogens is 264 g/mol. The molecule has 1 fully saturated rings. The average Bonchev–Trinajstić information content (AvgIpc) is 3.05. The second kappa shape index (κ2) is 8.39. The largest absolute Gasteiger partial charge is 0.382 e. The van der Waals surface area contributed by atoms with E-state index in [0.717, 1.165) is 44.4 Å². The number of rotatable bonds is 9. The van der Waals surface area contributed by atoms with Gasteiger partial charge in [0.25, 0.3) is 0 Å². The van der Waals surface area contributed by atoms with E-state index < -0.39 is 0 Å². The van der Waals surface area contributed by atoms with Gasteiger partial charge in [0, 0.05) is 38.5 Å². The van der Waals surface area contributed by atoms with E-state index in [9.17, 15) is 0 Å². The SMILES string of the molecule is CCOCCCn1cc(C)nc1NC(C)CN1CCCC1. The number of hydrogen-bond acceptors (Lipinski definition) is 4. The summed E-state index contributed by atoms with van der Waals surface area (Å²) in [4.78, 5) is 7.15. The van der Waals surface area contributed by atoms with Gasteiger partial charge < -0.3 is 19.5 Å². The number of imidazole rings is 1. The highest BCUT2D eigenvalue weighted by molar-refractivity contribution is 5.30. The first kappa shape index (κ1) is 16.3. The van der Waals surface area contributed by atoms with Gasteiger partial charge in [0.1, 0.15) is 0 Å². The standard InChI is InChI=1S/C16H30N4O/c1-4-21-11-7-10-20-13-15(3)18-16(20)17-14(2)12-19-8-5-6-9-19/h13-14H,4-12H2,1-3H3,(H,17,18). The lowest BCUT2D eigenvalue weighted by molar-refractivity contribution is 0.142. The van der Waals surface area contributed by atoms with Crippen LogP contribution in [0.25, 0.3) is 0 Å². The fourth-order valence-corrected chi connectivity index (χ4v) is 2.93. The topological polar surface area (TPSA) is 42.3 Å². The molecule has 0 saturated carbocycles.